The smallest absolute Gasteiger partial charge is 0.309 e. The summed E-state index contributed by atoms with van der Waals surface area (Å²) in [6.07, 6.45) is 1.96. The standard InChI is InChI=1S/C8H8F2N2O2/c1-2-12-5-6(4-11-12)8(9,10)3-7(13)14/h2,4-5H,1,3H2,(H,13,14). The molecule has 0 aliphatic rings. The number of aromatic nitrogens is 2. The predicted octanol–water partition coefficient (Wildman–Crippen LogP) is 1.55. The molecule has 6 heteroatoms. The second kappa shape index (κ2) is 3.57. The molecule has 76 valence electrons. The molecule has 4 nitrogen and oxygen atoms in total. The van der Waals surface area contributed by atoms with E-state index < -0.39 is 23.9 Å². The Morgan fingerprint density at radius 3 is 2.86 bits per heavy atom. The first-order valence-electron chi connectivity index (χ1n) is 3.72. The molecule has 0 aromatic carbocycles. The number of carboxylic acid groups (broad SMARTS) is 1. The van der Waals surface area contributed by atoms with Crippen LogP contribution in [0.4, 0.5) is 8.78 Å². The maximum atomic E-state index is 13.1. The first kappa shape index (κ1) is 10.4. The molecule has 1 aromatic rings. The van der Waals surface area contributed by atoms with Crippen molar-refractivity contribution in [2.45, 2.75) is 12.3 Å². The second-order valence-electron chi connectivity index (χ2n) is 2.67. The molecule has 0 unspecified atom stereocenters. The van der Waals surface area contributed by atoms with E-state index in [0.717, 1.165) is 17.1 Å². The van der Waals surface area contributed by atoms with E-state index in [-0.39, 0.29) is 0 Å². The van der Waals surface area contributed by atoms with Crippen molar-refractivity contribution in [1.82, 2.24) is 9.78 Å². The molecule has 1 rings (SSSR count). The highest BCUT2D eigenvalue weighted by Crippen LogP contribution is 2.30. The summed E-state index contributed by atoms with van der Waals surface area (Å²) in [7, 11) is 0. The monoisotopic (exact) mass is 202 g/mol. The Bertz CT molecular complexity index is 360. The van der Waals surface area contributed by atoms with Crippen LogP contribution in [-0.4, -0.2) is 20.9 Å². The third-order valence-corrected chi connectivity index (χ3v) is 1.58. The number of nitrogens with zero attached hydrogens (tertiary/aromatic N) is 2. The Morgan fingerprint density at radius 1 is 1.79 bits per heavy atom. The van der Waals surface area contributed by atoms with Gasteiger partial charge in [0.2, 0.25) is 0 Å². The zero-order valence-electron chi connectivity index (χ0n) is 7.15. The molecule has 0 fully saturated rings. The Labute approximate surface area is 78.5 Å². The summed E-state index contributed by atoms with van der Waals surface area (Å²) in [5.41, 5.74) is -0.431. The summed E-state index contributed by atoms with van der Waals surface area (Å²) >= 11 is 0. The minimum atomic E-state index is -3.40. The fourth-order valence-corrected chi connectivity index (χ4v) is 0.919. The Morgan fingerprint density at radius 2 is 2.43 bits per heavy atom. The summed E-state index contributed by atoms with van der Waals surface area (Å²) in [6, 6.07) is 0. The van der Waals surface area contributed by atoms with Crippen LogP contribution in [-0.2, 0) is 10.7 Å². The lowest BCUT2D eigenvalue weighted by molar-refractivity contribution is -0.145. The normalized spacial score (nSPS) is 11.3. The highest BCUT2D eigenvalue weighted by atomic mass is 19.3. The van der Waals surface area contributed by atoms with Gasteiger partial charge in [0.25, 0.3) is 5.92 Å². The minimum absolute atomic E-state index is 0.431. The Hall–Kier alpha value is -1.72. The van der Waals surface area contributed by atoms with Gasteiger partial charge in [-0.15, -0.1) is 0 Å². The van der Waals surface area contributed by atoms with Crippen molar-refractivity contribution < 1.29 is 18.7 Å². The van der Waals surface area contributed by atoms with Crippen LogP contribution in [0.1, 0.15) is 12.0 Å². The van der Waals surface area contributed by atoms with Crippen LogP contribution < -0.4 is 0 Å². The van der Waals surface area contributed by atoms with Gasteiger partial charge in [0.05, 0.1) is 11.8 Å². The molecule has 0 aliphatic carbocycles. The maximum Gasteiger partial charge on any atom is 0.309 e. The molecule has 0 aliphatic heterocycles. The third kappa shape index (κ3) is 2.15. The van der Waals surface area contributed by atoms with Crippen LogP contribution >= 0.6 is 0 Å². The lowest BCUT2D eigenvalue weighted by Crippen LogP contribution is -2.17. The van der Waals surface area contributed by atoms with Crippen molar-refractivity contribution >= 4 is 12.2 Å². The lowest BCUT2D eigenvalue weighted by Gasteiger charge is -2.10. The van der Waals surface area contributed by atoms with E-state index in [1.165, 1.54) is 6.20 Å². The van der Waals surface area contributed by atoms with Crippen LogP contribution in [0.15, 0.2) is 19.0 Å². The average molecular weight is 202 g/mol. The van der Waals surface area contributed by atoms with E-state index in [4.69, 9.17) is 5.11 Å². The number of hydrogen-bond acceptors (Lipinski definition) is 2. The predicted molar refractivity (Wildman–Crippen MR) is 44.8 cm³/mol. The van der Waals surface area contributed by atoms with Crippen molar-refractivity contribution in [3.05, 3.63) is 24.5 Å². The topological polar surface area (TPSA) is 55.1 Å². The summed E-state index contributed by atoms with van der Waals surface area (Å²) in [4.78, 5) is 10.1. The van der Waals surface area contributed by atoms with Crippen molar-refractivity contribution in [1.29, 1.82) is 0 Å². The van der Waals surface area contributed by atoms with Crippen molar-refractivity contribution in [3.63, 3.8) is 0 Å². The van der Waals surface area contributed by atoms with Crippen LogP contribution in [0.25, 0.3) is 6.20 Å². The number of carbonyl (C=O) groups is 1. The Balaban J connectivity index is 2.90. The number of alkyl halides is 2. The van der Waals surface area contributed by atoms with Crippen LogP contribution in [0, 0.1) is 0 Å². The third-order valence-electron chi connectivity index (χ3n) is 1.58. The maximum absolute atomic E-state index is 13.1. The summed E-state index contributed by atoms with van der Waals surface area (Å²) in [5, 5.41) is 11.8. The number of halogens is 2. The van der Waals surface area contributed by atoms with Crippen LogP contribution in [0.3, 0.4) is 0 Å². The van der Waals surface area contributed by atoms with E-state index in [1.807, 2.05) is 0 Å². The highest BCUT2D eigenvalue weighted by molar-refractivity contribution is 5.68. The SMILES string of the molecule is C=Cn1cc(C(F)(F)CC(=O)O)cn1. The van der Waals surface area contributed by atoms with Crippen molar-refractivity contribution in [3.8, 4) is 0 Å². The Kier molecular flexibility index (Phi) is 2.64. The fraction of sp³-hybridized carbons (Fsp3) is 0.250. The molecule has 0 radical (unpaired) electrons. The van der Waals surface area contributed by atoms with Gasteiger partial charge in [0.1, 0.15) is 6.42 Å². The van der Waals surface area contributed by atoms with E-state index in [1.54, 1.807) is 0 Å². The molecule has 1 N–H and O–H groups in total. The number of aliphatic carboxylic acids is 1. The summed E-state index contributed by atoms with van der Waals surface area (Å²) < 4.78 is 27.3. The van der Waals surface area contributed by atoms with Gasteiger partial charge < -0.3 is 5.11 Å². The molecular formula is C8H8F2N2O2. The van der Waals surface area contributed by atoms with Crippen LogP contribution in [0.2, 0.25) is 0 Å². The molecule has 0 bridgehead atoms. The zero-order valence-corrected chi connectivity index (χ0v) is 7.15. The van der Waals surface area contributed by atoms with Crippen LogP contribution in [0.5, 0.6) is 0 Å². The highest BCUT2D eigenvalue weighted by Gasteiger charge is 2.35. The molecule has 1 aromatic heterocycles. The van der Waals surface area contributed by atoms with Crippen molar-refractivity contribution in [2.24, 2.45) is 0 Å². The van der Waals surface area contributed by atoms with Crippen molar-refractivity contribution in [2.75, 3.05) is 0 Å². The fourth-order valence-electron chi connectivity index (χ4n) is 0.919. The number of hydrogen-bond donors (Lipinski definition) is 1. The zero-order chi connectivity index (χ0) is 10.8. The van der Waals surface area contributed by atoms with Gasteiger partial charge in [-0.05, 0) is 0 Å². The molecule has 0 spiro atoms. The van der Waals surface area contributed by atoms with E-state index >= 15 is 0 Å². The molecule has 0 saturated heterocycles. The minimum Gasteiger partial charge on any atom is -0.481 e. The summed E-state index contributed by atoms with van der Waals surface area (Å²) in [6.45, 7) is 3.33. The first-order chi connectivity index (χ1) is 6.45. The molecule has 14 heavy (non-hydrogen) atoms. The second-order valence-corrected chi connectivity index (χ2v) is 2.67. The van der Waals surface area contributed by atoms with E-state index in [2.05, 4.69) is 11.7 Å². The lowest BCUT2D eigenvalue weighted by atomic mass is 10.1. The molecular weight excluding hydrogens is 194 g/mol. The molecule has 1 heterocycles. The largest absolute Gasteiger partial charge is 0.481 e. The van der Waals surface area contributed by atoms with Gasteiger partial charge in [-0.3, -0.25) is 4.79 Å². The van der Waals surface area contributed by atoms with Gasteiger partial charge in [-0.1, -0.05) is 6.58 Å². The number of rotatable bonds is 4. The van der Waals surface area contributed by atoms with Gasteiger partial charge in [0.15, 0.2) is 0 Å². The van der Waals surface area contributed by atoms with Gasteiger partial charge in [-0.25, -0.2) is 13.5 Å². The summed E-state index contributed by atoms with van der Waals surface area (Å²) in [5.74, 6) is -4.95. The molecule has 0 saturated carbocycles. The van der Waals surface area contributed by atoms with E-state index in [9.17, 15) is 13.6 Å². The number of carboxylic acids is 1. The molecule has 0 amide bonds. The first-order valence-corrected chi connectivity index (χ1v) is 3.72. The van der Waals surface area contributed by atoms with E-state index in [0.29, 0.717) is 0 Å². The van der Waals surface area contributed by atoms with Gasteiger partial charge >= 0.3 is 5.97 Å². The van der Waals surface area contributed by atoms with Gasteiger partial charge in [-0.2, -0.15) is 5.10 Å². The average Bonchev–Trinajstić information content (AvgIpc) is 2.49. The quantitative estimate of drug-likeness (QED) is 0.805. The van der Waals surface area contributed by atoms with Gasteiger partial charge in [0, 0.05) is 12.4 Å². The molecule has 0 atom stereocenters.